The van der Waals surface area contributed by atoms with Crippen LogP contribution < -0.4 is 0 Å². The van der Waals surface area contributed by atoms with E-state index in [1.807, 2.05) is 0 Å². The summed E-state index contributed by atoms with van der Waals surface area (Å²) < 4.78 is 12.1. The van der Waals surface area contributed by atoms with Gasteiger partial charge in [0.1, 0.15) is 0 Å². The number of nitrogens with one attached hydrogen (secondary N) is 2. The van der Waals surface area contributed by atoms with Crippen molar-refractivity contribution in [2.75, 3.05) is 13.2 Å². The third-order valence-electron chi connectivity index (χ3n) is 6.89. The fourth-order valence-corrected chi connectivity index (χ4v) is 5.46. The number of H-pyrrole nitrogens is 2. The van der Waals surface area contributed by atoms with Gasteiger partial charge in [0, 0.05) is 52.5 Å². The Hall–Kier alpha value is -2.56. The predicted molar refractivity (Wildman–Crippen MR) is 110 cm³/mol. The van der Waals surface area contributed by atoms with E-state index in [1.54, 1.807) is 0 Å². The van der Waals surface area contributed by atoms with Gasteiger partial charge >= 0.3 is 0 Å². The molecule has 4 heteroatoms. The van der Waals surface area contributed by atoms with Gasteiger partial charge in [-0.2, -0.15) is 0 Å². The Morgan fingerprint density at radius 3 is 1.68 bits per heavy atom. The normalized spacial score (nSPS) is 21.0. The largest absolute Gasteiger partial charge is 0.361 e. The third kappa shape index (κ3) is 2.25. The molecule has 1 saturated carbocycles. The lowest BCUT2D eigenvalue weighted by Gasteiger charge is -2.44. The molecule has 2 aromatic carbocycles. The molecule has 6 rings (SSSR count). The van der Waals surface area contributed by atoms with E-state index in [-0.39, 0.29) is 11.2 Å². The van der Waals surface area contributed by atoms with Crippen molar-refractivity contribution < 1.29 is 9.47 Å². The van der Waals surface area contributed by atoms with Gasteiger partial charge in [0.15, 0.2) is 5.79 Å². The zero-order valence-electron chi connectivity index (χ0n) is 15.8. The van der Waals surface area contributed by atoms with E-state index in [0.29, 0.717) is 13.2 Å². The number of fused-ring (bicyclic) bond motifs is 2. The van der Waals surface area contributed by atoms with Gasteiger partial charge in [-0.1, -0.05) is 36.4 Å². The monoisotopic (exact) mass is 372 g/mol. The minimum atomic E-state index is -0.373. The molecule has 0 unspecified atom stereocenters. The molecule has 0 atom stereocenters. The summed E-state index contributed by atoms with van der Waals surface area (Å²) in [6.45, 7) is 1.43. The fourth-order valence-electron chi connectivity index (χ4n) is 5.46. The van der Waals surface area contributed by atoms with Crippen LogP contribution in [0, 0.1) is 0 Å². The van der Waals surface area contributed by atoms with Crippen LogP contribution in [-0.2, 0) is 14.9 Å². The van der Waals surface area contributed by atoms with Crippen molar-refractivity contribution in [3.05, 3.63) is 72.1 Å². The van der Waals surface area contributed by atoms with Crippen molar-refractivity contribution in [1.29, 1.82) is 0 Å². The first-order chi connectivity index (χ1) is 13.8. The van der Waals surface area contributed by atoms with Crippen LogP contribution >= 0.6 is 0 Å². The average molecular weight is 372 g/mol. The molecule has 0 bridgehead atoms. The Kier molecular flexibility index (Phi) is 3.49. The van der Waals surface area contributed by atoms with Gasteiger partial charge in [-0.05, 0) is 36.1 Å². The molecule has 4 nitrogen and oxygen atoms in total. The first-order valence-electron chi connectivity index (χ1n) is 10.2. The number of benzene rings is 2. The predicted octanol–water partition coefficient (Wildman–Crippen LogP) is 5.25. The summed E-state index contributed by atoms with van der Waals surface area (Å²) >= 11 is 0. The summed E-state index contributed by atoms with van der Waals surface area (Å²) in [5, 5.41) is 2.63. The quantitative estimate of drug-likeness (QED) is 0.505. The fraction of sp³-hybridized carbons (Fsp3) is 0.333. The van der Waals surface area contributed by atoms with E-state index in [4.69, 9.17) is 9.47 Å². The highest BCUT2D eigenvalue weighted by molar-refractivity contribution is 5.89. The molecule has 4 aromatic rings. The molecule has 0 amide bonds. The lowest BCUT2D eigenvalue weighted by molar-refractivity contribution is -0.182. The standard InChI is InChI=1S/C24H24N2O2/c1-3-7-21-17(5-1)19(15-25-21)23(9-11-24(12-10-23)27-13-14-28-24)20-16-26-22-8-4-2-6-18(20)22/h1-8,15-16,25-26H,9-14H2. The molecular formula is C24H24N2O2. The Morgan fingerprint density at radius 1 is 0.643 bits per heavy atom. The third-order valence-corrected chi connectivity index (χ3v) is 6.89. The summed E-state index contributed by atoms with van der Waals surface area (Å²) in [5.41, 5.74) is 5.12. The van der Waals surface area contributed by atoms with Crippen molar-refractivity contribution in [1.82, 2.24) is 9.97 Å². The van der Waals surface area contributed by atoms with E-state index >= 15 is 0 Å². The highest BCUT2D eigenvalue weighted by Crippen LogP contribution is 2.52. The summed E-state index contributed by atoms with van der Waals surface area (Å²) in [4.78, 5) is 7.02. The van der Waals surface area contributed by atoms with Crippen LogP contribution in [0.1, 0.15) is 36.8 Å². The molecule has 2 aromatic heterocycles. The molecule has 142 valence electrons. The van der Waals surface area contributed by atoms with E-state index in [2.05, 4.69) is 70.9 Å². The van der Waals surface area contributed by atoms with E-state index in [9.17, 15) is 0 Å². The Morgan fingerprint density at radius 2 is 1.14 bits per heavy atom. The summed E-state index contributed by atoms with van der Waals surface area (Å²) in [6.07, 6.45) is 8.31. The van der Waals surface area contributed by atoms with Crippen LogP contribution in [0.2, 0.25) is 0 Å². The van der Waals surface area contributed by atoms with Gasteiger partial charge in [-0.3, -0.25) is 0 Å². The van der Waals surface area contributed by atoms with Crippen LogP contribution in [0.5, 0.6) is 0 Å². The van der Waals surface area contributed by atoms with E-state index in [0.717, 1.165) is 25.7 Å². The second-order valence-corrected chi connectivity index (χ2v) is 8.19. The number of para-hydroxylation sites is 2. The highest BCUT2D eigenvalue weighted by atomic mass is 16.7. The van der Waals surface area contributed by atoms with Crippen molar-refractivity contribution in [2.45, 2.75) is 36.9 Å². The van der Waals surface area contributed by atoms with Crippen LogP contribution in [0.3, 0.4) is 0 Å². The van der Waals surface area contributed by atoms with Gasteiger partial charge in [-0.15, -0.1) is 0 Å². The smallest absolute Gasteiger partial charge is 0.168 e. The van der Waals surface area contributed by atoms with Crippen LogP contribution in [0.4, 0.5) is 0 Å². The lowest BCUT2D eigenvalue weighted by Crippen LogP contribution is -2.42. The van der Waals surface area contributed by atoms with Gasteiger partial charge in [-0.25, -0.2) is 0 Å². The van der Waals surface area contributed by atoms with Crippen molar-refractivity contribution >= 4 is 21.8 Å². The maximum Gasteiger partial charge on any atom is 0.168 e. The molecule has 2 fully saturated rings. The number of aromatic amines is 2. The van der Waals surface area contributed by atoms with Crippen molar-refractivity contribution in [2.24, 2.45) is 0 Å². The van der Waals surface area contributed by atoms with E-state index in [1.165, 1.54) is 32.9 Å². The second-order valence-electron chi connectivity index (χ2n) is 8.19. The minimum absolute atomic E-state index is 0.0558. The molecule has 1 saturated heterocycles. The van der Waals surface area contributed by atoms with Gasteiger partial charge in [0.25, 0.3) is 0 Å². The minimum Gasteiger partial charge on any atom is -0.361 e. The number of aromatic nitrogens is 2. The van der Waals surface area contributed by atoms with Crippen molar-refractivity contribution in [3.63, 3.8) is 0 Å². The molecule has 1 aliphatic heterocycles. The molecular weight excluding hydrogens is 348 g/mol. The number of ether oxygens (including phenoxy) is 2. The number of rotatable bonds is 2. The molecule has 2 N–H and O–H groups in total. The summed E-state index contributed by atoms with van der Waals surface area (Å²) in [7, 11) is 0. The SMILES string of the molecule is c1ccc2c(C3(c4c[nH]c5ccccc45)CCC4(CC3)OCCO4)c[nH]c2c1. The number of hydrogen-bond acceptors (Lipinski definition) is 2. The summed E-state index contributed by atoms with van der Waals surface area (Å²) in [5.74, 6) is -0.373. The Balaban J connectivity index is 1.55. The Bertz CT molecular complexity index is 1060. The topological polar surface area (TPSA) is 50.0 Å². The molecule has 2 aliphatic rings. The Labute approximate surface area is 163 Å². The molecule has 3 heterocycles. The number of hydrogen-bond donors (Lipinski definition) is 2. The molecule has 1 aliphatic carbocycles. The van der Waals surface area contributed by atoms with E-state index < -0.39 is 0 Å². The zero-order valence-corrected chi connectivity index (χ0v) is 15.8. The van der Waals surface area contributed by atoms with Crippen LogP contribution in [0.25, 0.3) is 21.8 Å². The highest BCUT2D eigenvalue weighted by Gasteiger charge is 2.49. The van der Waals surface area contributed by atoms with Crippen LogP contribution in [-0.4, -0.2) is 29.0 Å². The van der Waals surface area contributed by atoms with Crippen molar-refractivity contribution in [3.8, 4) is 0 Å². The maximum atomic E-state index is 6.05. The zero-order chi connectivity index (χ0) is 18.6. The van der Waals surface area contributed by atoms with Gasteiger partial charge in [0.05, 0.1) is 13.2 Å². The first kappa shape index (κ1) is 16.4. The summed E-state index contributed by atoms with van der Waals surface area (Å²) in [6, 6.07) is 17.3. The van der Waals surface area contributed by atoms with Crippen LogP contribution in [0.15, 0.2) is 60.9 Å². The van der Waals surface area contributed by atoms with Gasteiger partial charge in [0.2, 0.25) is 0 Å². The molecule has 0 radical (unpaired) electrons. The average Bonchev–Trinajstić information content (AvgIpc) is 3.48. The lowest BCUT2D eigenvalue weighted by atomic mass is 9.64. The second kappa shape index (κ2) is 5.97. The maximum absolute atomic E-state index is 6.05. The van der Waals surface area contributed by atoms with Gasteiger partial charge < -0.3 is 19.4 Å². The molecule has 1 spiro atoms. The molecule has 28 heavy (non-hydrogen) atoms. The first-order valence-corrected chi connectivity index (χ1v) is 10.2.